The zero-order chi connectivity index (χ0) is 34.2. The topological polar surface area (TPSA) is 91.9 Å². The summed E-state index contributed by atoms with van der Waals surface area (Å²) in [5, 5.41) is 5.13. The molecule has 0 unspecified atom stereocenters. The third kappa shape index (κ3) is 6.40. The van der Waals surface area contributed by atoms with Crippen LogP contribution < -0.4 is 10.7 Å². The number of hydrogen-bond donors (Lipinski definition) is 2. The van der Waals surface area contributed by atoms with Crippen LogP contribution in [-0.2, 0) is 35.8 Å². The van der Waals surface area contributed by atoms with E-state index in [0.29, 0.717) is 28.0 Å². The van der Waals surface area contributed by atoms with Gasteiger partial charge in [0.2, 0.25) is 0 Å². The largest absolute Gasteiger partial charge is 0.456 e. The van der Waals surface area contributed by atoms with Crippen molar-refractivity contribution in [1.29, 1.82) is 0 Å². The standard InChI is InChI=1S/C41H42N2O4S/c1-7-27-19-25(5)20-28(8-2)40(27)42-31-15-17-33-36(23-31)47-37-24-32(43-41-29(9-3)21-26(6)22-30(41)10-4)16-18-34(37)39(33)35-13-11-12-14-38(35)48(44,45)46/h11-24,42H,7-10H2,1-6H3,(H,44,45,46)/b43-32-. The van der Waals surface area contributed by atoms with Crippen molar-refractivity contribution in [2.75, 3.05) is 5.32 Å². The summed E-state index contributed by atoms with van der Waals surface area (Å²) < 4.78 is 42.1. The number of fused-ring (bicyclic) bond motifs is 2. The Kier molecular flexibility index (Phi) is 9.28. The summed E-state index contributed by atoms with van der Waals surface area (Å²) >= 11 is 0. The molecule has 0 atom stereocenters. The summed E-state index contributed by atoms with van der Waals surface area (Å²) in [6.07, 6.45) is 3.51. The number of nitrogens with zero attached hydrogens (tertiary/aromatic N) is 1. The van der Waals surface area contributed by atoms with Gasteiger partial charge in [-0.05, 0) is 92.1 Å². The smallest absolute Gasteiger partial charge is 0.295 e. The molecular weight excluding hydrogens is 617 g/mol. The minimum absolute atomic E-state index is 0.158. The molecule has 6 nitrogen and oxygen atoms in total. The highest BCUT2D eigenvalue weighted by Gasteiger charge is 2.24. The minimum Gasteiger partial charge on any atom is -0.456 e. The van der Waals surface area contributed by atoms with Gasteiger partial charge in [-0.25, -0.2) is 4.99 Å². The van der Waals surface area contributed by atoms with Gasteiger partial charge in [0.1, 0.15) is 16.2 Å². The maximum Gasteiger partial charge on any atom is 0.295 e. The fraction of sp³-hybridized carbons (Fsp3) is 0.244. The maximum atomic E-state index is 12.6. The number of benzene rings is 5. The van der Waals surface area contributed by atoms with E-state index in [9.17, 15) is 13.0 Å². The average molecular weight is 659 g/mol. The Labute approximate surface area is 283 Å². The van der Waals surface area contributed by atoms with E-state index in [4.69, 9.17) is 9.41 Å². The van der Waals surface area contributed by atoms with Crippen LogP contribution in [0.15, 0.2) is 99.2 Å². The second kappa shape index (κ2) is 13.4. The molecule has 0 aromatic heterocycles. The fourth-order valence-corrected chi connectivity index (χ4v) is 7.46. The predicted molar refractivity (Wildman–Crippen MR) is 196 cm³/mol. The Bertz CT molecular complexity index is 2270. The van der Waals surface area contributed by atoms with Crippen molar-refractivity contribution in [3.05, 3.63) is 124 Å². The number of hydrogen-bond acceptors (Lipinski definition) is 5. The van der Waals surface area contributed by atoms with E-state index < -0.39 is 10.1 Å². The van der Waals surface area contributed by atoms with E-state index in [2.05, 4.69) is 71.1 Å². The van der Waals surface area contributed by atoms with E-state index in [1.807, 2.05) is 36.4 Å². The first-order chi connectivity index (χ1) is 23.0. The first-order valence-corrected chi connectivity index (χ1v) is 18.1. The fourth-order valence-electron chi connectivity index (χ4n) is 6.76. The summed E-state index contributed by atoms with van der Waals surface area (Å²) in [4.78, 5) is 4.97. The normalized spacial score (nSPS) is 12.3. The van der Waals surface area contributed by atoms with Crippen molar-refractivity contribution in [1.82, 2.24) is 0 Å². The monoisotopic (exact) mass is 658 g/mol. The molecule has 2 aliphatic rings. The molecule has 1 aliphatic heterocycles. The lowest BCUT2D eigenvalue weighted by atomic mass is 9.93. The molecule has 48 heavy (non-hydrogen) atoms. The average Bonchev–Trinajstić information content (AvgIpc) is 3.07. The molecule has 0 radical (unpaired) electrons. The number of rotatable bonds is 9. The SMILES string of the molecule is CCc1cc(C)cc(CC)c1/N=c1/ccc2c(-c3ccccc3S(=O)(=O)O)c3ccc(Nc4c(CC)cc(C)cc4CC)cc3oc-2c1. The summed E-state index contributed by atoms with van der Waals surface area (Å²) in [5.74, 6) is 0.558. The molecular formula is C41H42N2O4S. The molecule has 0 saturated heterocycles. The van der Waals surface area contributed by atoms with Gasteiger partial charge in [-0.3, -0.25) is 4.55 Å². The maximum absolute atomic E-state index is 12.6. The highest BCUT2D eigenvalue weighted by atomic mass is 32.2. The van der Waals surface area contributed by atoms with Crippen LogP contribution in [0.1, 0.15) is 61.1 Å². The number of anilines is 2. The van der Waals surface area contributed by atoms with Crippen LogP contribution in [0.2, 0.25) is 0 Å². The van der Waals surface area contributed by atoms with Crippen molar-refractivity contribution in [3.8, 4) is 22.5 Å². The molecule has 2 N–H and O–H groups in total. The lowest BCUT2D eigenvalue weighted by Crippen LogP contribution is -2.05. The van der Waals surface area contributed by atoms with E-state index in [1.165, 1.54) is 39.4 Å². The van der Waals surface area contributed by atoms with E-state index in [-0.39, 0.29) is 4.90 Å². The van der Waals surface area contributed by atoms with Gasteiger partial charge in [-0.1, -0.05) is 81.3 Å². The first kappa shape index (κ1) is 33.2. The van der Waals surface area contributed by atoms with Crippen LogP contribution in [0.3, 0.4) is 0 Å². The van der Waals surface area contributed by atoms with Crippen LogP contribution in [0.5, 0.6) is 0 Å². The van der Waals surface area contributed by atoms with Gasteiger partial charge < -0.3 is 9.73 Å². The molecule has 1 heterocycles. The van der Waals surface area contributed by atoms with E-state index >= 15 is 0 Å². The molecule has 1 aliphatic carbocycles. The molecule has 0 fully saturated rings. The van der Waals surface area contributed by atoms with Gasteiger partial charge in [0.05, 0.1) is 11.0 Å². The van der Waals surface area contributed by atoms with Gasteiger partial charge >= 0.3 is 0 Å². The zero-order valence-corrected chi connectivity index (χ0v) is 29.3. The summed E-state index contributed by atoms with van der Waals surface area (Å²) in [7, 11) is -4.52. The number of aryl methyl sites for hydroxylation is 6. The van der Waals surface area contributed by atoms with E-state index in [0.717, 1.165) is 53.5 Å². The molecule has 0 saturated carbocycles. The van der Waals surface area contributed by atoms with Crippen LogP contribution >= 0.6 is 0 Å². The van der Waals surface area contributed by atoms with E-state index in [1.54, 1.807) is 18.2 Å². The van der Waals surface area contributed by atoms with Crippen molar-refractivity contribution in [2.24, 2.45) is 4.99 Å². The van der Waals surface area contributed by atoms with Gasteiger partial charge in [-0.15, -0.1) is 0 Å². The second-order valence-corrected chi connectivity index (χ2v) is 13.8. The van der Waals surface area contributed by atoms with Crippen LogP contribution in [0.4, 0.5) is 17.1 Å². The van der Waals surface area contributed by atoms with Gasteiger partial charge in [0, 0.05) is 45.6 Å². The molecule has 246 valence electrons. The Balaban J connectivity index is 1.62. The Hall–Kier alpha value is -4.72. The third-order valence-corrected chi connectivity index (χ3v) is 9.94. The lowest BCUT2D eigenvalue weighted by molar-refractivity contribution is 0.483. The Morgan fingerprint density at radius 2 is 1.31 bits per heavy atom. The minimum atomic E-state index is -4.52. The Morgan fingerprint density at radius 1 is 0.708 bits per heavy atom. The third-order valence-electron chi connectivity index (χ3n) is 9.03. The van der Waals surface area contributed by atoms with Crippen molar-refractivity contribution < 1.29 is 17.4 Å². The molecule has 0 spiro atoms. The highest BCUT2D eigenvalue weighted by Crippen LogP contribution is 2.43. The van der Waals surface area contributed by atoms with Gasteiger partial charge in [0.15, 0.2) is 0 Å². The zero-order valence-electron chi connectivity index (χ0n) is 28.4. The number of nitrogens with one attached hydrogen (secondary N) is 1. The molecule has 4 aromatic rings. The Morgan fingerprint density at radius 3 is 1.92 bits per heavy atom. The summed E-state index contributed by atoms with van der Waals surface area (Å²) in [6, 6.07) is 27.0. The van der Waals surface area contributed by atoms with Gasteiger partial charge in [0.25, 0.3) is 10.1 Å². The second-order valence-electron chi connectivity index (χ2n) is 12.4. The molecule has 6 rings (SSSR count). The predicted octanol–water partition coefficient (Wildman–Crippen LogP) is 10.3. The molecule has 0 amide bonds. The lowest BCUT2D eigenvalue weighted by Gasteiger charge is -2.19. The summed E-state index contributed by atoms with van der Waals surface area (Å²) in [6.45, 7) is 12.8. The van der Waals surface area contributed by atoms with Crippen molar-refractivity contribution >= 4 is 38.1 Å². The highest BCUT2D eigenvalue weighted by molar-refractivity contribution is 7.86. The first-order valence-electron chi connectivity index (χ1n) is 16.7. The summed E-state index contributed by atoms with van der Waals surface area (Å²) in [5.41, 5.74) is 12.6. The van der Waals surface area contributed by atoms with Crippen molar-refractivity contribution in [3.63, 3.8) is 0 Å². The molecule has 4 aromatic carbocycles. The van der Waals surface area contributed by atoms with Crippen LogP contribution in [0, 0.1) is 13.8 Å². The van der Waals surface area contributed by atoms with Crippen LogP contribution in [0.25, 0.3) is 33.4 Å². The molecule has 0 bridgehead atoms. The van der Waals surface area contributed by atoms with Crippen LogP contribution in [-0.4, -0.2) is 13.0 Å². The van der Waals surface area contributed by atoms with Crippen molar-refractivity contribution in [2.45, 2.75) is 72.1 Å². The van der Waals surface area contributed by atoms with Gasteiger partial charge in [-0.2, -0.15) is 8.42 Å². The quantitative estimate of drug-likeness (QED) is 0.119. The molecule has 7 heteroatoms.